The molecular weight excluding hydrogens is 603 g/mol. The number of hydrogen-bond acceptors (Lipinski definition) is 4. The second-order valence-corrected chi connectivity index (χ2v) is 11.6. The SMILES string of the molecule is CCc1cccc(CC)c1-n1c(C=C(C)C)c(C(=O)N2CCNCC2)cc(-c2nn(-c3ccc(Cl)cc3)cc2C(F)(F)F)c1=O. The molecule has 4 aromatic rings. The van der Waals surface area contributed by atoms with E-state index in [0.717, 1.165) is 27.6 Å². The summed E-state index contributed by atoms with van der Waals surface area (Å²) < 4.78 is 46.4. The van der Waals surface area contributed by atoms with Crippen molar-refractivity contribution in [3.63, 3.8) is 0 Å². The summed E-state index contributed by atoms with van der Waals surface area (Å²) in [6.07, 6.45) is -1.10. The number of alkyl halides is 3. The molecule has 11 heteroatoms. The van der Waals surface area contributed by atoms with Gasteiger partial charge in [0, 0.05) is 37.4 Å². The minimum Gasteiger partial charge on any atom is -0.336 e. The number of rotatable bonds is 7. The first-order valence-electron chi connectivity index (χ1n) is 14.9. The molecule has 1 amide bonds. The van der Waals surface area contributed by atoms with Gasteiger partial charge < -0.3 is 10.2 Å². The molecule has 45 heavy (non-hydrogen) atoms. The van der Waals surface area contributed by atoms with Crippen LogP contribution in [0.2, 0.25) is 5.02 Å². The fraction of sp³-hybridized carbons (Fsp3) is 0.324. The van der Waals surface area contributed by atoms with Gasteiger partial charge in [0.05, 0.1) is 28.2 Å². The van der Waals surface area contributed by atoms with Gasteiger partial charge in [0.1, 0.15) is 11.3 Å². The van der Waals surface area contributed by atoms with Crippen LogP contribution in [0.5, 0.6) is 0 Å². The lowest BCUT2D eigenvalue weighted by molar-refractivity contribution is -0.137. The fourth-order valence-corrected chi connectivity index (χ4v) is 5.78. The topological polar surface area (TPSA) is 72.2 Å². The maximum atomic E-state index is 14.7. The molecule has 7 nitrogen and oxygen atoms in total. The quantitative estimate of drug-likeness (QED) is 0.238. The third kappa shape index (κ3) is 6.48. The Morgan fingerprint density at radius 1 is 1.02 bits per heavy atom. The molecule has 0 saturated carbocycles. The molecule has 0 spiro atoms. The molecule has 1 saturated heterocycles. The number of piperazine rings is 1. The number of benzene rings is 2. The predicted octanol–water partition coefficient (Wildman–Crippen LogP) is 6.96. The molecule has 0 atom stereocenters. The van der Waals surface area contributed by atoms with E-state index in [2.05, 4.69) is 10.4 Å². The second-order valence-electron chi connectivity index (χ2n) is 11.2. The Morgan fingerprint density at radius 3 is 2.20 bits per heavy atom. The smallest absolute Gasteiger partial charge is 0.336 e. The number of aromatic nitrogens is 3. The Hall–Kier alpha value is -4.15. The van der Waals surface area contributed by atoms with Gasteiger partial charge in [0.25, 0.3) is 11.5 Å². The summed E-state index contributed by atoms with van der Waals surface area (Å²) in [5, 5.41) is 7.96. The van der Waals surface area contributed by atoms with E-state index in [4.69, 9.17) is 11.6 Å². The highest BCUT2D eigenvalue weighted by Crippen LogP contribution is 2.37. The summed E-state index contributed by atoms with van der Waals surface area (Å²) in [5.74, 6) is -0.364. The van der Waals surface area contributed by atoms with Crippen LogP contribution in [0.3, 0.4) is 0 Å². The number of para-hydroxylation sites is 1. The average Bonchev–Trinajstić information content (AvgIpc) is 3.47. The van der Waals surface area contributed by atoms with Crippen LogP contribution in [0, 0.1) is 0 Å². The van der Waals surface area contributed by atoms with E-state index in [-0.39, 0.29) is 17.0 Å². The molecule has 0 radical (unpaired) electrons. The number of carbonyl (C=O) groups is 1. The molecule has 3 heterocycles. The molecule has 2 aromatic carbocycles. The lowest BCUT2D eigenvalue weighted by Crippen LogP contribution is -2.47. The van der Waals surface area contributed by atoms with Gasteiger partial charge >= 0.3 is 6.18 Å². The number of carbonyl (C=O) groups excluding carboxylic acids is 1. The van der Waals surface area contributed by atoms with Gasteiger partial charge in [-0.1, -0.05) is 49.2 Å². The number of nitrogens with one attached hydrogen (secondary N) is 1. The van der Waals surface area contributed by atoms with Crippen molar-refractivity contribution in [2.24, 2.45) is 0 Å². The molecule has 5 rings (SSSR count). The van der Waals surface area contributed by atoms with Crippen molar-refractivity contribution < 1.29 is 18.0 Å². The Kier molecular flexibility index (Phi) is 9.36. The molecule has 1 fully saturated rings. The van der Waals surface area contributed by atoms with Crippen LogP contribution in [0.15, 0.2) is 65.1 Å². The first-order valence-corrected chi connectivity index (χ1v) is 15.3. The van der Waals surface area contributed by atoms with Crippen LogP contribution < -0.4 is 10.9 Å². The van der Waals surface area contributed by atoms with Crippen molar-refractivity contribution in [2.75, 3.05) is 26.2 Å². The summed E-state index contributed by atoms with van der Waals surface area (Å²) in [6, 6.07) is 13.2. The van der Waals surface area contributed by atoms with E-state index in [1.807, 2.05) is 45.9 Å². The van der Waals surface area contributed by atoms with Crippen LogP contribution >= 0.6 is 11.6 Å². The van der Waals surface area contributed by atoms with Crippen molar-refractivity contribution in [2.45, 2.75) is 46.7 Å². The number of aryl methyl sites for hydroxylation is 2. The van der Waals surface area contributed by atoms with Gasteiger partial charge in [0.2, 0.25) is 0 Å². The number of nitrogens with zero attached hydrogens (tertiary/aromatic N) is 4. The molecule has 1 aliphatic heterocycles. The van der Waals surface area contributed by atoms with Gasteiger partial charge in [-0.15, -0.1) is 0 Å². The fourth-order valence-electron chi connectivity index (χ4n) is 5.66. The molecule has 2 aromatic heterocycles. The lowest BCUT2D eigenvalue weighted by Gasteiger charge is -2.29. The van der Waals surface area contributed by atoms with Crippen molar-refractivity contribution in [3.8, 4) is 22.6 Å². The maximum absolute atomic E-state index is 14.7. The molecular formula is C34H35ClF3N5O2. The Bertz CT molecular complexity index is 1790. The highest BCUT2D eigenvalue weighted by molar-refractivity contribution is 6.30. The van der Waals surface area contributed by atoms with Crippen molar-refractivity contribution in [1.29, 1.82) is 0 Å². The van der Waals surface area contributed by atoms with Crippen molar-refractivity contribution in [1.82, 2.24) is 24.6 Å². The highest BCUT2D eigenvalue weighted by atomic mass is 35.5. The highest BCUT2D eigenvalue weighted by Gasteiger charge is 2.38. The summed E-state index contributed by atoms with van der Waals surface area (Å²) in [5.41, 5.74) is 1.21. The standard InChI is InChI=1S/C34H35ClF3N5O2/c1-5-22-8-7-9-23(6-2)31(22)43-29(18-21(3)4)26(32(44)41-16-14-39-15-17-41)19-27(33(43)45)30-28(34(36,37)38)20-42(40-30)25-12-10-24(35)11-13-25/h7-13,18-20,39H,5-6,14-17H2,1-4H3. The van der Waals surface area contributed by atoms with Crippen molar-refractivity contribution >= 4 is 23.6 Å². The van der Waals surface area contributed by atoms with Crippen molar-refractivity contribution in [3.05, 3.63) is 104 Å². The normalized spacial score (nSPS) is 13.6. The van der Waals surface area contributed by atoms with Crippen LogP contribution in [0.4, 0.5) is 13.2 Å². The summed E-state index contributed by atoms with van der Waals surface area (Å²) >= 11 is 6.01. The van der Waals surface area contributed by atoms with E-state index < -0.39 is 23.0 Å². The molecule has 0 aliphatic carbocycles. The third-order valence-corrected chi connectivity index (χ3v) is 8.11. The largest absolute Gasteiger partial charge is 0.420 e. The van der Waals surface area contributed by atoms with Crippen LogP contribution in [-0.4, -0.2) is 51.3 Å². The molecule has 1 N–H and O–H groups in total. The minimum atomic E-state index is -4.84. The van der Waals surface area contributed by atoms with E-state index in [0.29, 0.717) is 61.1 Å². The second kappa shape index (κ2) is 13.1. The van der Waals surface area contributed by atoms with E-state index in [1.54, 1.807) is 35.2 Å². The number of hydrogen-bond donors (Lipinski definition) is 1. The number of amides is 1. The first-order chi connectivity index (χ1) is 21.4. The lowest BCUT2D eigenvalue weighted by atomic mass is 9.98. The van der Waals surface area contributed by atoms with Crippen LogP contribution in [0.25, 0.3) is 28.7 Å². The Balaban J connectivity index is 1.92. The molecule has 0 unspecified atom stereocenters. The van der Waals surface area contributed by atoms with Gasteiger partial charge in [0.15, 0.2) is 0 Å². The molecule has 1 aliphatic rings. The first kappa shape index (κ1) is 32.2. The molecule has 0 bridgehead atoms. The van der Waals surface area contributed by atoms with E-state index >= 15 is 0 Å². The molecule has 236 valence electrons. The maximum Gasteiger partial charge on any atom is 0.420 e. The zero-order chi connectivity index (χ0) is 32.5. The van der Waals surface area contributed by atoms with Gasteiger partial charge in [-0.2, -0.15) is 18.3 Å². The summed E-state index contributed by atoms with van der Waals surface area (Å²) in [7, 11) is 0. The zero-order valence-electron chi connectivity index (χ0n) is 25.6. The van der Waals surface area contributed by atoms with Gasteiger partial charge in [-0.3, -0.25) is 14.2 Å². The number of pyridine rings is 1. The van der Waals surface area contributed by atoms with Gasteiger partial charge in [-0.05, 0) is 74.2 Å². The van der Waals surface area contributed by atoms with Gasteiger partial charge in [-0.25, -0.2) is 4.68 Å². The monoisotopic (exact) mass is 637 g/mol. The third-order valence-electron chi connectivity index (χ3n) is 7.85. The van der Waals surface area contributed by atoms with E-state index in [1.165, 1.54) is 10.6 Å². The Labute approximate surface area is 264 Å². The summed E-state index contributed by atoms with van der Waals surface area (Å²) in [6.45, 7) is 9.62. The predicted molar refractivity (Wildman–Crippen MR) is 171 cm³/mol. The van der Waals surface area contributed by atoms with Crippen LogP contribution in [-0.2, 0) is 19.0 Å². The average molecular weight is 638 g/mol. The minimum absolute atomic E-state index is 0.134. The van der Waals surface area contributed by atoms with E-state index in [9.17, 15) is 22.8 Å². The zero-order valence-corrected chi connectivity index (χ0v) is 26.4. The summed E-state index contributed by atoms with van der Waals surface area (Å²) in [4.78, 5) is 30.6. The van der Waals surface area contributed by atoms with Crippen LogP contribution in [0.1, 0.15) is 60.4 Å². The number of halogens is 4. The number of allylic oxidation sites excluding steroid dienone is 1. The Morgan fingerprint density at radius 2 is 1.64 bits per heavy atom.